The van der Waals surface area contributed by atoms with Crippen molar-refractivity contribution in [2.75, 3.05) is 13.4 Å². The molecule has 0 aromatic heterocycles. The van der Waals surface area contributed by atoms with Gasteiger partial charge in [0, 0.05) is 0 Å². The maximum atomic E-state index is 5.73. The van der Waals surface area contributed by atoms with Crippen LogP contribution in [0.3, 0.4) is 0 Å². The molecule has 3 rings (SSSR count). The molecule has 0 aliphatic heterocycles. The molecular formula is C23H34O2. The predicted octanol–water partition coefficient (Wildman–Crippen LogP) is 6.18. The van der Waals surface area contributed by atoms with E-state index in [1.54, 1.807) is 5.57 Å². The van der Waals surface area contributed by atoms with Gasteiger partial charge in [0.25, 0.3) is 0 Å². The Morgan fingerprint density at radius 3 is 2.60 bits per heavy atom. The van der Waals surface area contributed by atoms with E-state index in [0.29, 0.717) is 18.6 Å². The van der Waals surface area contributed by atoms with E-state index in [1.165, 1.54) is 24.8 Å². The smallest absolute Gasteiger partial charge is 0.189 e. The molecule has 0 amide bonds. The van der Waals surface area contributed by atoms with Crippen molar-refractivity contribution in [1.82, 2.24) is 0 Å². The number of ether oxygens (including phenoxy) is 2. The van der Waals surface area contributed by atoms with E-state index in [-0.39, 0.29) is 0 Å². The monoisotopic (exact) mass is 342 g/mol. The van der Waals surface area contributed by atoms with Gasteiger partial charge in [-0.15, -0.1) is 0 Å². The molecule has 5 atom stereocenters. The summed E-state index contributed by atoms with van der Waals surface area (Å²) in [5.41, 5.74) is 3.10. The van der Waals surface area contributed by atoms with Crippen LogP contribution in [-0.2, 0) is 4.74 Å². The SMILES string of the molecule is CCC(C)c1ccc(OCOCCC2C=C3C(C)C3C(CC)C2)cc1. The van der Waals surface area contributed by atoms with E-state index < -0.39 is 0 Å². The Kier molecular flexibility index (Phi) is 6.22. The van der Waals surface area contributed by atoms with Crippen molar-refractivity contribution in [2.24, 2.45) is 23.7 Å². The summed E-state index contributed by atoms with van der Waals surface area (Å²) < 4.78 is 11.4. The second kappa shape index (κ2) is 8.40. The average Bonchev–Trinajstić information content (AvgIpc) is 3.30. The standard InChI is InChI=1S/C23H34O2/c1-5-16(3)20-7-9-21(10-8-20)25-15-24-12-11-18-13-19(6-2)23-17(4)22(23)14-18/h7-10,14,16-19,23H,5-6,11-13,15H2,1-4H3. The first-order valence-electron chi connectivity index (χ1n) is 10.2. The van der Waals surface area contributed by atoms with E-state index in [1.807, 2.05) is 0 Å². The maximum absolute atomic E-state index is 5.73. The topological polar surface area (TPSA) is 18.5 Å². The maximum Gasteiger partial charge on any atom is 0.189 e. The largest absolute Gasteiger partial charge is 0.468 e. The van der Waals surface area contributed by atoms with Crippen LogP contribution < -0.4 is 4.74 Å². The molecule has 138 valence electrons. The highest BCUT2D eigenvalue weighted by Crippen LogP contribution is 2.56. The molecule has 1 aromatic rings. The van der Waals surface area contributed by atoms with E-state index >= 15 is 0 Å². The highest BCUT2D eigenvalue weighted by molar-refractivity contribution is 5.33. The minimum atomic E-state index is 0.349. The number of allylic oxidation sites excluding steroid dienone is 2. The van der Waals surface area contributed by atoms with Gasteiger partial charge >= 0.3 is 0 Å². The number of benzene rings is 1. The Balaban J connectivity index is 1.35. The van der Waals surface area contributed by atoms with Crippen molar-refractivity contribution in [3.63, 3.8) is 0 Å². The van der Waals surface area contributed by atoms with Gasteiger partial charge < -0.3 is 9.47 Å². The molecule has 0 spiro atoms. The van der Waals surface area contributed by atoms with E-state index in [4.69, 9.17) is 9.47 Å². The number of hydrogen-bond donors (Lipinski definition) is 0. The first-order valence-corrected chi connectivity index (χ1v) is 10.2. The molecule has 25 heavy (non-hydrogen) atoms. The number of rotatable bonds is 9. The van der Waals surface area contributed by atoms with Gasteiger partial charge in [-0.2, -0.15) is 0 Å². The van der Waals surface area contributed by atoms with Crippen LogP contribution in [0.4, 0.5) is 0 Å². The van der Waals surface area contributed by atoms with Crippen LogP contribution in [-0.4, -0.2) is 13.4 Å². The fourth-order valence-electron chi connectivity index (χ4n) is 4.42. The van der Waals surface area contributed by atoms with Crippen LogP contribution in [0.15, 0.2) is 35.9 Å². The van der Waals surface area contributed by atoms with Gasteiger partial charge in [-0.25, -0.2) is 0 Å². The van der Waals surface area contributed by atoms with Crippen molar-refractivity contribution in [1.29, 1.82) is 0 Å². The normalized spacial score (nSPS) is 28.9. The van der Waals surface area contributed by atoms with Crippen molar-refractivity contribution in [3.8, 4) is 5.75 Å². The van der Waals surface area contributed by atoms with Crippen molar-refractivity contribution in [3.05, 3.63) is 41.5 Å². The van der Waals surface area contributed by atoms with Crippen molar-refractivity contribution < 1.29 is 9.47 Å². The van der Waals surface area contributed by atoms with Crippen LogP contribution in [0.2, 0.25) is 0 Å². The second-order valence-corrected chi connectivity index (χ2v) is 7.98. The summed E-state index contributed by atoms with van der Waals surface area (Å²) in [5.74, 6) is 4.86. The zero-order valence-electron chi connectivity index (χ0n) is 16.3. The third kappa shape index (κ3) is 4.47. The molecule has 2 aliphatic carbocycles. The zero-order valence-corrected chi connectivity index (χ0v) is 16.3. The van der Waals surface area contributed by atoms with Crippen LogP contribution in [0, 0.1) is 23.7 Å². The van der Waals surface area contributed by atoms with Crippen molar-refractivity contribution >= 4 is 0 Å². The molecule has 1 aromatic carbocycles. The first kappa shape index (κ1) is 18.5. The lowest BCUT2D eigenvalue weighted by atomic mass is 9.83. The van der Waals surface area contributed by atoms with Crippen LogP contribution in [0.1, 0.15) is 64.9 Å². The molecule has 1 saturated carbocycles. The van der Waals surface area contributed by atoms with E-state index in [0.717, 1.165) is 36.5 Å². The third-order valence-corrected chi connectivity index (χ3v) is 6.41. The summed E-state index contributed by atoms with van der Waals surface area (Å²) in [6.07, 6.45) is 7.49. The zero-order chi connectivity index (χ0) is 17.8. The molecule has 0 heterocycles. The van der Waals surface area contributed by atoms with Gasteiger partial charge in [-0.05, 0) is 66.5 Å². The average molecular weight is 343 g/mol. The quantitative estimate of drug-likeness (QED) is 0.303. The number of fused-ring (bicyclic) bond motifs is 1. The van der Waals surface area contributed by atoms with Crippen molar-refractivity contribution in [2.45, 2.75) is 59.3 Å². The second-order valence-electron chi connectivity index (χ2n) is 7.98. The van der Waals surface area contributed by atoms with Gasteiger partial charge in [0.05, 0.1) is 6.61 Å². The molecular weight excluding hydrogens is 308 g/mol. The Morgan fingerprint density at radius 1 is 1.16 bits per heavy atom. The molecule has 0 saturated heterocycles. The summed E-state index contributed by atoms with van der Waals surface area (Å²) >= 11 is 0. The fourth-order valence-corrected chi connectivity index (χ4v) is 4.42. The fraction of sp³-hybridized carbons (Fsp3) is 0.652. The highest BCUT2D eigenvalue weighted by atomic mass is 16.7. The molecule has 2 aliphatic rings. The Bertz CT molecular complexity index is 574. The molecule has 5 unspecified atom stereocenters. The summed E-state index contributed by atoms with van der Waals surface area (Å²) in [4.78, 5) is 0. The Morgan fingerprint density at radius 2 is 1.92 bits per heavy atom. The first-order chi connectivity index (χ1) is 12.1. The molecule has 2 heteroatoms. The Labute approximate surface area is 153 Å². The number of hydrogen-bond acceptors (Lipinski definition) is 2. The van der Waals surface area contributed by atoms with Crippen LogP contribution in [0.25, 0.3) is 0 Å². The molecule has 0 bridgehead atoms. The van der Waals surface area contributed by atoms with Crippen LogP contribution in [0.5, 0.6) is 5.75 Å². The van der Waals surface area contributed by atoms with Gasteiger partial charge in [-0.1, -0.05) is 57.9 Å². The Hall–Kier alpha value is -1.28. The predicted molar refractivity (Wildman–Crippen MR) is 104 cm³/mol. The minimum Gasteiger partial charge on any atom is -0.468 e. The molecule has 2 nitrogen and oxygen atoms in total. The van der Waals surface area contributed by atoms with Gasteiger partial charge in [0.15, 0.2) is 6.79 Å². The van der Waals surface area contributed by atoms with Crippen LogP contribution >= 0.6 is 0 Å². The minimum absolute atomic E-state index is 0.349. The van der Waals surface area contributed by atoms with Gasteiger partial charge in [0.2, 0.25) is 0 Å². The lowest BCUT2D eigenvalue weighted by molar-refractivity contribution is 0.00992. The summed E-state index contributed by atoms with van der Waals surface area (Å²) in [6.45, 7) is 10.3. The summed E-state index contributed by atoms with van der Waals surface area (Å²) in [5, 5.41) is 0. The summed E-state index contributed by atoms with van der Waals surface area (Å²) in [6, 6.07) is 8.43. The van der Waals surface area contributed by atoms with E-state index in [2.05, 4.69) is 58.0 Å². The lowest BCUT2D eigenvalue weighted by Crippen LogP contribution is -2.15. The molecule has 1 fully saturated rings. The summed E-state index contributed by atoms with van der Waals surface area (Å²) in [7, 11) is 0. The third-order valence-electron chi connectivity index (χ3n) is 6.41. The van der Waals surface area contributed by atoms with E-state index in [9.17, 15) is 0 Å². The molecule has 0 N–H and O–H groups in total. The lowest BCUT2D eigenvalue weighted by Gasteiger charge is -2.23. The van der Waals surface area contributed by atoms with Gasteiger partial charge in [0.1, 0.15) is 5.75 Å². The highest BCUT2D eigenvalue weighted by Gasteiger charge is 2.47. The van der Waals surface area contributed by atoms with Gasteiger partial charge in [-0.3, -0.25) is 0 Å². The molecule has 0 radical (unpaired) electrons.